The highest BCUT2D eigenvalue weighted by atomic mass is 32.2. The molecule has 1 aromatic rings. The molecule has 1 atom stereocenters. The summed E-state index contributed by atoms with van der Waals surface area (Å²) in [6, 6.07) is 6.54. The lowest BCUT2D eigenvalue weighted by molar-refractivity contribution is 0.484. The van der Waals surface area contributed by atoms with Crippen molar-refractivity contribution in [3.8, 4) is 0 Å². The van der Waals surface area contributed by atoms with E-state index in [9.17, 15) is 8.42 Å². The van der Waals surface area contributed by atoms with Gasteiger partial charge in [-0.3, -0.25) is 11.3 Å². The quantitative estimate of drug-likeness (QED) is 0.588. The third kappa shape index (κ3) is 6.71. The molecule has 1 rings (SSSR count). The van der Waals surface area contributed by atoms with E-state index in [2.05, 4.69) is 37.5 Å². The second kappa shape index (κ2) is 7.03. The second-order valence-electron chi connectivity index (χ2n) is 5.34. The van der Waals surface area contributed by atoms with Crippen molar-refractivity contribution in [2.75, 3.05) is 12.0 Å². The fraction of sp³-hybridized carbons (Fsp3) is 0.571. The van der Waals surface area contributed by atoms with E-state index < -0.39 is 9.84 Å². The van der Waals surface area contributed by atoms with E-state index in [0.29, 0.717) is 6.42 Å². The summed E-state index contributed by atoms with van der Waals surface area (Å²) in [6.45, 7) is 4.15. The monoisotopic (exact) mass is 284 g/mol. The van der Waals surface area contributed by atoms with Crippen molar-refractivity contribution in [2.24, 2.45) is 5.84 Å². The van der Waals surface area contributed by atoms with Crippen molar-refractivity contribution in [1.29, 1.82) is 0 Å². The van der Waals surface area contributed by atoms with E-state index in [1.54, 1.807) is 0 Å². The van der Waals surface area contributed by atoms with Crippen LogP contribution >= 0.6 is 0 Å². The largest absolute Gasteiger partial charge is 0.271 e. The Kier molecular flexibility index (Phi) is 5.97. The molecule has 1 unspecified atom stereocenters. The van der Waals surface area contributed by atoms with Gasteiger partial charge in [-0.2, -0.15) is 0 Å². The lowest BCUT2D eigenvalue weighted by Gasteiger charge is -2.16. The molecule has 0 saturated carbocycles. The summed E-state index contributed by atoms with van der Waals surface area (Å²) in [6.07, 6.45) is 3.49. The first kappa shape index (κ1) is 16.1. The first-order valence-corrected chi connectivity index (χ1v) is 8.57. The van der Waals surface area contributed by atoms with Crippen LogP contribution in [0.5, 0.6) is 0 Å². The Balaban J connectivity index is 2.56. The molecule has 0 saturated heterocycles. The summed E-state index contributed by atoms with van der Waals surface area (Å²) >= 11 is 0. The van der Waals surface area contributed by atoms with E-state index in [-0.39, 0.29) is 11.8 Å². The Morgan fingerprint density at radius 1 is 1.21 bits per heavy atom. The maximum absolute atomic E-state index is 11.1. The number of hydrazine groups is 1. The van der Waals surface area contributed by atoms with Gasteiger partial charge in [0.1, 0.15) is 9.84 Å². The lowest BCUT2D eigenvalue weighted by Crippen LogP contribution is -2.37. The van der Waals surface area contributed by atoms with Gasteiger partial charge in [-0.15, -0.1) is 0 Å². The number of hydrogen-bond donors (Lipinski definition) is 2. The number of sulfone groups is 1. The minimum Gasteiger partial charge on any atom is -0.271 e. The van der Waals surface area contributed by atoms with Crippen molar-refractivity contribution in [1.82, 2.24) is 5.43 Å². The highest BCUT2D eigenvalue weighted by Crippen LogP contribution is 2.13. The van der Waals surface area contributed by atoms with Gasteiger partial charge in [-0.1, -0.05) is 29.3 Å². The van der Waals surface area contributed by atoms with Crippen molar-refractivity contribution in [3.63, 3.8) is 0 Å². The summed E-state index contributed by atoms with van der Waals surface area (Å²) < 4.78 is 22.2. The predicted molar refractivity (Wildman–Crippen MR) is 79.7 cm³/mol. The molecule has 0 aliphatic carbocycles. The molecule has 0 aliphatic heterocycles. The van der Waals surface area contributed by atoms with Crippen LogP contribution in [0.2, 0.25) is 0 Å². The smallest absolute Gasteiger partial charge is 0.147 e. The maximum Gasteiger partial charge on any atom is 0.147 e. The zero-order valence-corrected chi connectivity index (χ0v) is 12.8. The van der Waals surface area contributed by atoms with E-state index in [1.165, 1.54) is 22.9 Å². The van der Waals surface area contributed by atoms with Gasteiger partial charge < -0.3 is 0 Å². The molecule has 5 heteroatoms. The summed E-state index contributed by atoms with van der Waals surface area (Å²) in [5, 5.41) is 0. The zero-order chi connectivity index (χ0) is 14.5. The van der Waals surface area contributed by atoms with Gasteiger partial charge in [0.05, 0.1) is 0 Å². The summed E-state index contributed by atoms with van der Waals surface area (Å²) in [5.41, 5.74) is 6.49. The molecule has 0 bridgehead atoms. The van der Waals surface area contributed by atoms with Crippen LogP contribution in [0.15, 0.2) is 18.2 Å². The lowest BCUT2D eigenvalue weighted by atomic mass is 9.99. The van der Waals surface area contributed by atoms with Gasteiger partial charge in [-0.25, -0.2) is 8.42 Å². The molecule has 3 N–H and O–H groups in total. The molecule has 19 heavy (non-hydrogen) atoms. The molecule has 0 fully saturated rings. The molecule has 0 radical (unpaired) electrons. The van der Waals surface area contributed by atoms with Crippen LogP contribution in [0, 0.1) is 13.8 Å². The average Bonchev–Trinajstić information content (AvgIpc) is 2.24. The van der Waals surface area contributed by atoms with Crippen LogP contribution in [-0.2, 0) is 16.3 Å². The van der Waals surface area contributed by atoms with Crippen LogP contribution in [-0.4, -0.2) is 26.5 Å². The third-order valence-electron chi connectivity index (χ3n) is 3.07. The first-order valence-electron chi connectivity index (χ1n) is 6.51. The Morgan fingerprint density at radius 2 is 1.79 bits per heavy atom. The second-order valence-corrected chi connectivity index (χ2v) is 7.60. The van der Waals surface area contributed by atoms with Crippen molar-refractivity contribution in [2.45, 2.75) is 39.2 Å². The van der Waals surface area contributed by atoms with Crippen LogP contribution in [0.1, 0.15) is 29.5 Å². The number of nitrogens with two attached hydrogens (primary N) is 1. The highest BCUT2D eigenvalue weighted by Gasteiger charge is 2.10. The minimum atomic E-state index is -2.88. The Hall–Kier alpha value is -0.910. The molecule has 0 heterocycles. The molecular formula is C14H24N2O2S. The van der Waals surface area contributed by atoms with Crippen LogP contribution < -0.4 is 11.3 Å². The fourth-order valence-electron chi connectivity index (χ4n) is 2.31. The summed E-state index contributed by atoms with van der Waals surface area (Å²) in [4.78, 5) is 0. The molecule has 0 aliphatic rings. The molecular weight excluding hydrogens is 260 g/mol. The molecule has 1 aromatic carbocycles. The van der Waals surface area contributed by atoms with E-state index in [0.717, 1.165) is 12.8 Å². The van der Waals surface area contributed by atoms with Crippen LogP contribution in [0.4, 0.5) is 0 Å². The minimum absolute atomic E-state index is 0.114. The Morgan fingerprint density at radius 3 is 2.26 bits per heavy atom. The number of hydrogen-bond acceptors (Lipinski definition) is 4. The van der Waals surface area contributed by atoms with Crippen molar-refractivity contribution >= 4 is 9.84 Å². The van der Waals surface area contributed by atoms with Gasteiger partial charge in [0, 0.05) is 18.1 Å². The Labute approximate surface area is 116 Å². The summed E-state index contributed by atoms with van der Waals surface area (Å²) in [7, 11) is -2.88. The van der Waals surface area contributed by atoms with Gasteiger partial charge in [0.25, 0.3) is 0 Å². The van der Waals surface area contributed by atoms with Gasteiger partial charge >= 0.3 is 0 Å². The topological polar surface area (TPSA) is 72.2 Å². The van der Waals surface area contributed by atoms with Gasteiger partial charge in [0.15, 0.2) is 0 Å². The average molecular weight is 284 g/mol. The number of benzene rings is 1. The molecule has 0 amide bonds. The molecule has 108 valence electrons. The van der Waals surface area contributed by atoms with E-state index >= 15 is 0 Å². The van der Waals surface area contributed by atoms with Gasteiger partial charge in [-0.05, 0) is 38.7 Å². The summed E-state index contributed by atoms with van der Waals surface area (Å²) in [5.74, 6) is 5.77. The number of nitrogens with one attached hydrogen (secondary N) is 1. The van der Waals surface area contributed by atoms with E-state index in [1.807, 2.05) is 0 Å². The Bertz CT molecular complexity index is 492. The first-order chi connectivity index (χ1) is 8.80. The normalized spacial score (nSPS) is 13.5. The molecule has 0 spiro atoms. The maximum atomic E-state index is 11.1. The zero-order valence-electron chi connectivity index (χ0n) is 11.9. The van der Waals surface area contributed by atoms with Crippen molar-refractivity contribution in [3.05, 3.63) is 34.9 Å². The van der Waals surface area contributed by atoms with E-state index in [4.69, 9.17) is 5.84 Å². The SMILES string of the molecule is Cc1cc(C)cc(CC(CCCS(C)(=O)=O)NN)c1. The van der Waals surface area contributed by atoms with Gasteiger partial charge in [0.2, 0.25) is 0 Å². The molecule has 0 aromatic heterocycles. The predicted octanol–water partition coefficient (Wildman–Crippen LogP) is 1.50. The van der Waals surface area contributed by atoms with Crippen LogP contribution in [0.25, 0.3) is 0 Å². The van der Waals surface area contributed by atoms with Crippen LogP contribution in [0.3, 0.4) is 0 Å². The number of aryl methyl sites for hydroxylation is 2. The van der Waals surface area contributed by atoms with Crippen molar-refractivity contribution < 1.29 is 8.42 Å². The number of rotatable bonds is 7. The third-order valence-corrected chi connectivity index (χ3v) is 4.10. The highest BCUT2D eigenvalue weighted by molar-refractivity contribution is 7.90. The fourth-order valence-corrected chi connectivity index (χ4v) is 3.00. The molecule has 4 nitrogen and oxygen atoms in total. The standard InChI is InChI=1S/C14H24N2O2S/c1-11-7-12(2)9-13(8-11)10-14(16-15)5-4-6-19(3,17)18/h7-9,14,16H,4-6,10,15H2,1-3H3.